The number of nitrogens with zero attached hydrogens (tertiary/aromatic N) is 2. The van der Waals surface area contributed by atoms with Crippen molar-refractivity contribution in [1.82, 2.24) is 10.1 Å². The molecule has 0 aliphatic carbocycles. The Hall–Kier alpha value is -2.94. The minimum atomic E-state index is -3.85. The van der Waals surface area contributed by atoms with E-state index in [0.717, 1.165) is 6.07 Å². The lowest BCUT2D eigenvalue weighted by Gasteiger charge is -2.09. The second-order valence-corrected chi connectivity index (χ2v) is 7.08. The number of pyridine rings is 1. The van der Waals surface area contributed by atoms with E-state index in [0.29, 0.717) is 17.3 Å². The van der Waals surface area contributed by atoms with Gasteiger partial charge in [0, 0.05) is 6.07 Å². The SMILES string of the molecule is Cc1cc(Nc2ccc(NS(=O)(=O)c3ccc(F)c(C)c3)nc2)no1. The van der Waals surface area contributed by atoms with Crippen LogP contribution in [-0.4, -0.2) is 18.6 Å². The molecular weight excluding hydrogens is 347 g/mol. The summed E-state index contributed by atoms with van der Waals surface area (Å²) >= 11 is 0. The van der Waals surface area contributed by atoms with E-state index in [9.17, 15) is 12.8 Å². The minimum Gasteiger partial charge on any atom is -0.360 e. The number of nitrogens with one attached hydrogen (secondary N) is 2. The molecule has 0 saturated carbocycles. The van der Waals surface area contributed by atoms with Crippen LogP contribution in [0, 0.1) is 19.7 Å². The van der Waals surface area contributed by atoms with E-state index < -0.39 is 15.8 Å². The molecule has 0 fully saturated rings. The molecule has 2 N–H and O–H groups in total. The fraction of sp³-hybridized carbons (Fsp3) is 0.125. The van der Waals surface area contributed by atoms with Crippen LogP contribution < -0.4 is 10.0 Å². The van der Waals surface area contributed by atoms with Crippen LogP contribution in [0.4, 0.5) is 21.7 Å². The quantitative estimate of drug-likeness (QED) is 0.722. The molecule has 7 nitrogen and oxygen atoms in total. The molecule has 0 aliphatic rings. The summed E-state index contributed by atoms with van der Waals surface area (Å²) in [5, 5.41) is 6.77. The zero-order valence-electron chi connectivity index (χ0n) is 13.4. The van der Waals surface area contributed by atoms with Gasteiger partial charge in [-0.2, -0.15) is 0 Å². The Balaban J connectivity index is 1.74. The molecule has 3 rings (SSSR count). The van der Waals surface area contributed by atoms with Gasteiger partial charge in [0.05, 0.1) is 16.8 Å². The van der Waals surface area contributed by atoms with Crippen LogP contribution in [-0.2, 0) is 10.0 Å². The number of sulfonamides is 1. The number of anilines is 3. The summed E-state index contributed by atoms with van der Waals surface area (Å²) in [6.07, 6.45) is 1.46. The minimum absolute atomic E-state index is 0.0338. The van der Waals surface area contributed by atoms with Crippen LogP contribution in [0.5, 0.6) is 0 Å². The molecule has 25 heavy (non-hydrogen) atoms. The average Bonchev–Trinajstić information content (AvgIpc) is 2.96. The number of hydrogen-bond donors (Lipinski definition) is 2. The predicted molar refractivity (Wildman–Crippen MR) is 90.7 cm³/mol. The van der Waals surface area contributed by atoms with Gasteiger partial charge in [0.1, 0.15) is 17.4 Å². The van der Waals surface area contributed by atoms with Gasteiger partial charge in [-0.05, 0) is 49.7 Å². The lowest BCUT2D eigenvalue weighted by Crippen LogP contribution is -2.14. The second-order valence-electron chi connectivity index (χ2n) is 5.40. The van der Waals surface area contributed by atoms with Gasteiger partial charge in [-0.1, -0.05) is 5.16 Å². The normalized spacial score (nSPS) is 11.3. The van der Waals surface area contributed by atoms with Gasteiger partial charge >= 0.3 is 0 Å². The third-order valence-corrected chi connectivity index (χ3v) is 4.69. The highest BCUT2D eigenvalue weighted by atomic mass is 32.2. The van der Waals surface area contributed by atoms with Crippen LogP contribution in [0.15, 0.2) is 52.0 Å². The number of aromatic nitrogens is 2. The van der Waals surface area contributed by atoms with Gasteiger partial charge in [-0.15, -0.1) is 0 Å². The van der Waals surface area contributed by atoms with Gasteiger partial charge in [0.25, 0.3) is 10.0 Å². The summed E-state index contributed by atoms with van der Waals surface area (Å²) in [6.45, 7) is 3.27. The summed E-state index contributed by atoms with van der Waals surface area (Å²) in [6, 6.07) is 8.44. The molecule has 9 heteroatoms. The van der Waals surface area contributed by atoms with E-state index in [4.69, 9.17) is 4.52 Å². The second kappa shape index (κ2) is 6.52. The molecule has 0 amide bonds. The zero-order valence-corrected chi connectivity index (χ0v) is 14.3. The first-order valence-electron chi connectivity index (χ1n) is 7.29. The lowest BCUT2D eigenvalue weighted by atomic mass is 10.2. The van der Waals surface area contributed by atoms with Crippen molar-refractivity contribution in [2.75, 3.05) is 10.0 Å². The van der Waals surface area contributed by atoms with E-state index in [1.54, 1.807) is 19.1 Å². The Morgan fingerprint density at radius 1 is 1.08 bits per heavy atom. The Kier molecular flexibility index (Phi) is 4.41. The Morgan fingerprint density at radius 2 is 1.88 bits per heavy atom. The van der Waals surface area contributed by atoms with Crippen LogP contribution in [0.2, 0.25) is 0 Å². The van der Waals surface area contributed by atoms with Crippen LogP contribution in [0.3, 0.4) is 0 Å². The molecule has 130 valence electrons. The van der Waals surface area contributed by atoms with Gasteiger partial charge < -0.3 is 9.84 Å². The van der Waals surface area contributed by atoms with Crippen molar-refractivity contribution in [2.24, 2.45) is 0 Å². The van der Waals surface area contributed by atoms with Crippen LogP contribution in [0.25, 0.3) is 0 Å². The van der Waals surface area contributed by atoms with Gasteiger partial charge in [0.15, 0.2) is 5.82 Å². The summed E-state index contributed by atoms with van der Waals surface area (Å²) < 4.78 is 45.3. The maximum Gasteiger partial charge on any atom is 0.263 e. The molecule has 3 aromatic rings. The maximum absolute atomic E-state index is 13.3. The van der Waals surface area contributed by atoms with E-state index >= 15 is 0 Å². The Morgan fingerprint density at radius 3 is 2.48 bits per heavy atom. The molecule has 2 aromatic heterocycles. The van der Waals surface area contributed by atoms with Crippen molar-refractivity contribution in [3.05, 3.63) is 59.7 Å². The average molecular weight is 362 g/mol. The first-order chi connectivity index (χ1) is 11.8. The highest BCUT2D eigenvalue weighted by molar-refractivity contribution is 7.92. The highest BCUT2D eigenvalue weighted by Crippen LogP contribution is 2.20. The number of halogens is 1. The van der Waals surface area contributed by atoms with E-state index in [2.05, 4.69) is 20.2 Å². The Labute approximate surface area is 143 Å². The Bertz CT molecular complexity index is 1000. The smallest absolute Gasteiger partial charge is 0.263 e. The summed E-state index contributed by atoms with van der Waals surface area (Å²) in [5.41, 5.74) is 0.868. The van der Waals surface area contributed by atoms with E-state index in [1.807, 2.05) is 0 Å². The molecular formula is C16H15FN4O3S. The third-order valence-electron chi connectivity index (χ3n) is 3.34. The maximum atomic E-state index is 13.3. The molecule has 0 atom stereocenters. The molecule has 0 saturated heterocycles. The predicted octanol–water partition coefficient (Wildman–Crippen LogP) is 3.37. The molecule has 2 heterocycles. The molecule has 0 bridgehead atoms. The topological polar surface area (TPSA) is 97.1 Å². The molecule has 0 radical (unpaired) electrons. The molecule has 0 aliphatic heterocycles. The lowest BCUT2D eigenvalue weighted by molar-refractivity contribution is 0.400. The van der Waals surface area contributed by atoms with Crippen molar-refractivity contribution >= 4 is 27.3 Å². The number of aryl methyl sites for hydroxylation is 2. The third kappa shape index (κ3) is 3.94. The van der Waals surface area contributed by atoms with Gasteiger partial charge in [0.2, 0.25) is 0 Å². The van der Waals surface area contributed by atoms with Gasteiger partial charge in [-0.25, -0.2) is 17.8 Å². The monoisotopic (exact) mass is 362 g/mol. The standard InChI is InChI=1S/C16H15FN4O3S/c1-10-7-13(4-5-14(10)17)25(22,23)21-15-6-3-12(9-18-15)19-16-8-11(2)24-20-16/h3-9H,1-2H3,(H,18,21)(H,19,20). The van der Waals surface area contributed by atoms with E-state index in [-0.39, 0.29) is 16.3 Å². The number of benzene rings is 1. The summed E-state index contributed by atoms with van der Waals surface area (Å²) in [4.78, 5) is 4.01. The largest absolute Gasteiger partial charge is 0.360 e. The van der Waals surface area contributed by atoms with Crippen molar-refractivity contribution in [2.45, 2.75) is 18.7 Å². The number of rotatable bonds is 5. The number of hydrogen-bond acceptors (Lipinski definition) is 6. The van der Waals surface area contributed by atoms with E-state index in [1.165, 1.54) is 31.3 Å². The highest BCUT2D eigenvalue weighted by Gasteiger charge is 2.16. The summed E-state index contributed by atoms with van der Waals surface area (Å²) in [7, 11) is -3.85. The molecule has 1 aromatic carbocycles. The first kappa shape index (κ1) is 16.9. The summed E-state index contributed by atoms with van der Waals surface area (Å²) in [5.74, 6) is 0.864. The fourth-order valence-corrected chi connectivity index (χ4v) is 3.18. The van der Waals surface area contributed by atoms with Gasteiger partial charge in [-0.3, -0.25) is 4.72 Å². The zero-order chi connectivity index (χ0) is 18.0. The molecule has 0 spiro atoms. The van der Waals surface area contributed by atoms with Crippen LogP contribution >= 0.6 is 0 Å². The molecule has 0 unspecified atom stereocenters. The van der Waals surface area contributed by atoms with Crippen molar-refractivity contribution in [3.8, 4) is 0 Å². The van der Waals surface area contributed by atoms with Crippen molar-refractivity contribution < 1.29 is 17.3 Å². The van der Waals surface area contributed by atoms with Crippen molar-refractivity contribution in [3.63, 3.8) is 0 Å². The van der Waals surface area contributed by atoms with Crippen molar-refractivity contribution in [1.29, 1.82) is 0 Å². The van der Waals surface area contributed by atoms with Crippen LogP contribution in [0.1, 0.15) is 11.3 Å². The fourth-order valence-electron chi connectivity index (χ4n) is 2.08. The first-order valence-corrected chi connectivity index (χ1v) is 8.77.